The number of hydrogen-bond acceptors (Lipinski definition) is 5. The first-order valence-corrected chi connectivity index (χ1v) is 17.0. The van der Waals surface area contributed by atoms with Crippen LogP contribution in [0, 0.1) is 13.8 Å². The number of anilines is 1. The van der Waals surface area contributed by atoms with E-state index in [1.54, 1.807) is 0 Å². The molecule has 1 aromatic heterocycles. The lowest BCUT2D eigenvalue weighted by molar-refractivity contribution is 0.409. The Labute approximate surface area is 293 Å². The number of fused-ring (bicyclic) bond motifs is 2. The zero-order valence-corrected chi connectivity index (χ0v) is 29.9. The predicted octanol–water partition coefficient (Wildman–Crippen LogP) is 8.97. The van der Waals surface area contributed by atoms with Gasteiger partial charge in [-0.15, -0.1) is 0 Å². The van der Waals surface area contributed by atoms with Crippen molar-refractivity contribution in [3.05, 3.63) is 151 Å². The second kappa shape index (κ2) is 14.0. The van der Waals surface area contributed by atoms with E-state index in [1.807, 2.05) is 43.4 Å². The van der Waals surface area contributed by atoms with E-state index < -0.39 is 11.2 Å². The van der Waals surface area contributed by atoms with Gasteiger partial charge in [-0.1, -0.05) is 72.8 Å². The van der Waals surface area contributed by atoms with Crippen LogP contribution in [0.2, 0.25) is 0 Å². The number of nitrogens with zero attached hydrogens (tertiary/aromatic N) is 4. The molecule has 5 aromatic rings. The molecule has 0 unspecified atom stereocenters. The third-order valence-electron chi connectivity index (χ3n) is 10.00. The summed E-state index contributed by atoms with van der Waals surface area (Å²) in [6.07, 6.45) is 10.4. The molecular formula is C43H44N4O3. The average molecular weight is 665 g/mol. The van der Waals surface area contributed by atoms with Crippen LogP contribution in [0.4, 0.5) is 11.4 Å². The molecule has 0 saturated carbocycles. The van der Waals surface area contributed by atoms with Crippen molar-refractivity contribution in [2.45, 2.75) is 47.0 Å². The lowest BCUT2D eigenvalue weighted by Crippen LogP contribution is -2.38. The maximum Gasteiger partial charge on any atom is 0.333 e. The first-order chi connectivity index (χ1) is 24.0. The Morgan fingerprint density at radius 3 is 2.18 bits per heavy atom. The zero-order valence-electron chi connectivity index (χ0n) is 29.9. The van der Waals surface area contributed by atoms with Crippen LogP contribution in [-0.2, 0) is 14.1 Å². The Balaban J connectivity index is 1.44. The van der Waals surface area contributed by atoms with Gasteiger partial charge in [0.25, 0.3) is 5.56 Å². The van der Waals surface area contributed by atoms with E-state index in [1.165, 1.54) is 41.2 Å². The van der Waals surface area contributed by atoms with Crippen molar-refractivity contribution in [2.75, 3.05) is 11.9 Å². The lowest BCUT2D eigenvalue weighted by atomic mass is 9.83. The number of rotatable bonds is 7. The van der Waals surface area contributed by atoms with E-state index in [9.17, 15) is 14.7 Å². The van der Waals surface area contributed by atoms with Gasteiger partial charge in [-0.25, -0.2) is 4.79 Å². The third kappa shape index (κ3) is 6.39. The summed E-state index contributed by atoms with van der Waals surface area (Å²) in [6, 6.07) is 25.1. The first-order valence-electron chi connectivity index (χ1n) is 17.0. The molecule has 1 aliphatic carbocycles. The highest BCUT2D eigenvalue weighted by Gasteiger charge is 2.26. The first kappa shape index (κ1) is 34.2. The maximum absolute atomic E-state index is 13.7. The third-order valence-corrected chi connectivity index (χ3v) is 10.00. The largest absolute Gasteiger partial charge is 0.494 e. The highest BCUT2D eigenvalue weighted by Crippen LogP contribution is 2.39. The van der Waals surface area contributed by atoms with Crippen LogP contribution in [-0.4, -0.2) is 27.0 Å². The van der Waals surface area contributed by atoms with E-state index in [0.717, 1.165) is 55.0 Å². The summed E-state index contributed by atoms with van der Waals surface area (Å²) in [5.41, 5.74) is 7.67. The molecule has 0 fully saturated rings. The number of aromatic hydroxyl groups is 1. The van der Waals surface area contributed by atoms with Gasteiger partial charge in [0.2, 0.25) is 5.88 Å². The average Bonchev–Trinajstić information content (AvgIpc) is 3.13. The van der Waals surface area contributed by atoms with E-state index in [2.05, 4.69) is 93.4 Å². The number of aliphatic imine (C=N–C) groups is 1. The highest BCUT2D eigenvalue weighted by atomic mass is 16.3. The van der Waals surface area contributed by atoms with Crippen LogP contribution < -0.4 is 16.1 Å². The van der Waals surface area contributed by atoms with Crippen molar-refractivity contribution in [1.82, 2.24) is 9.13 Å². The van der Waals surface area contributed by atoms with Gasteiger partial charge in [0.15, 0.2) is 0 Å². The zero-order chi connectivity index (χ0) is 35.7. The van der Waals surface area contributed by atoms with Crippen LogP contribution >= 0.6 is 0 Å². The minimum Gasteiger partial charge on any atom is -0.494 e. The Hall–Kier alpha value is -5.69. The summed E-state index contributed by atoms with van der Waals surface area (Å²) in [7, 11) is 4.99. The lowest BCUT2D eigenvalue weighted by Gasteiger charge is -2.25. The van der Waals surface area contributed by atoms with Gasteiger partial charge in [0.1, 0.15) is 5.56 Å². The molecule has 1 aliphatic rings. The van der Waals surface area contributed by atoms with Crippen LogP contribution in [0.5, 0.6) is 5.88 Å². The predicted molar refractivity (Wildman–Crippen MR) is 209 cm³/mol. The monoisotopic (exact) mass is 664 g/mol. The van der Waals surface area contributed by atoms with Crippen LogP contribution in [0.3, 0.4) is 0 Å². The van der Waals surface area contributed by atoms with E-state index in [-0.39, 0.29) is 11.4 Å². The molecule has 0 bridgehead atoms. The summed E-state index contributed by atoms with van der Waals surface area (Å²) in [5.74, 6) is -0.339. The van der Waals surface area contributed by atoms with E-state index in [0.29, 0.717) is 18.4 Å². The summed E-state index contributed by atoms with van der Waals surface area (Å²) >= 11 is 0. The minimum absolute atomic E-state index is 0.130. The number of benzene rings is 4. The van der Waals surface area contributed by atoms with Gasteiger partial charge in [-0.05, 0) is 121 Å². The fourth-order valence-electron chi connectivity index (χ4n) is 6.92. The molecule has 254 valence electrons. The number of aromatic nitrogens is 2. The molecule has 0 spiro atoms. The fourth-order valence-corrected chi connectivity index (χ4v) is 6.92. The van der Waals surface area contributed by atoms with E-state index >= 15 is 0 Å². The van der Waals surface area contributed by atoms with Gasteiger partial charge < -0.3 is 10.0 Å². The Kier molecular flexibility index (Phi) is 9.60. The van der Waals surface area contributed by atoms with Gasteiger partial charge >= 0.3 is 5.69 Å². The van der Waals surface area contributed by atoms with Crippen LogP contribution in [0.15, 0.2) is 129 Å². The minimum atomic E-state index is -0.577. The fraction of sp³-hybridized carbons (Fsp3) is 0.233. The molecule has 1 heterocycles. The number of hydrogen-bond donors (Lipinski definition) is 1. The molecule has 1 N–H and O–H groups in total. The Morgan fingerprint density at radius 1 is 0.840 bits per heavy atom. The molecule has 50 heavy (non-hydrogen) atoms. The van der Waals surface area contributed by atoms with E-state index in [4.69, 9.17) is 4.99 Å². The quantitative estimate of drug-likeness (QED) is 0.176. The second-order valence-corrected chi connectivity index (χ2v) is 13.2. The Morgan fingerprint density at radius 2 is 1.48 bits per heavy atom. The maximum atomic E-state index is 13.7. The number of aryl methyl sites for hydroxylation is 2. The van der Waals surface area contributed by atoms with Crippen molar-refractivity contribution in [3.8, 4) is 5.88 Å². The standard InChI is InChI=1S/C43H44N4O3/c1-27(44-37-25-23-31-13-8-10-17-35(31)29(37)3)19-21-33-15-12-16-34(39(33)40-41(48)46(6)43(50)47(7)42(40)49)22-20-28(2)45(5)38-26-24-32-14-9-11-18-36(32)30(38)4/h8-11,13-14,17-26,48H,12,15-16H2,1-7H3/b21-19+,28-20+,34-22+,44-27?. The SMILES string of the molecule is CC(/C=C/C1=C(c2c(O)n(C)c(=O)n(C)c2=O)C(=C/C=C(\C)N(C)c2ccc3ccccc3c2C)/CCC1)=Nc1ccc2ccccc2c1C. The molecule has 0 radical (unpaired) electrons. The molecular weight excluding hydrogens is 620 g/mol. The second-order valence-electron chi connectivity index (χ2n) is 13.2. The topological polar surface area (TPSA) is 79.8 Å². The highest BCUT2D eigenvalue weighted by molar-refractivity contribution is 5.98. The normalized spacial score (nSPS) is 15.2. The molecule has 7 nitrogen and oxygen atoms in total. The van der Waals surface area contributed by atoms with Crippen LogP contribution in [0.25, 0.3) is 27.1 Å². The molecule has 6 rings (SSSR count). The summed E-state index contributed by atoms with van der Waals surface area (Å²) < 4.78 is 2.19. The molecule has 7 heteroatoms. The van der Waals surface area contributed by atoms with Gasteiger partial charge in [-0.3, -0.25) is 18.9 Å². The smallest absolute Gasteiger partial charge is 0.333 e. The van der Waals surface area contributed by atoms with Gasteiger partial charge in [0, 0.05) is 38.2 Å². The molecule has 4 aromatic carbocycles. The number of allylic oxidation sites excluding steroid dienone is 8. The van der Waals surface area contributed by atoms with Crippen molar-refractivity contribution in [2.24, 2.45) is 19.1 Å². The van der Waals surface area contributed by atoms with Gasteiger partial charge in [0.05, 0.1) is 5.69 Å². The van der Waals surface area contributed by atoms with Crippen molar-refractivity contribution < 1.29 is 5.11 Å². The van der Waals surface area contributed by atoms with Gasteiger partial charge in [-0.2, -0.15) is 0 Å². The van der Waals surface area contributed by atoms with Crippen molar-refractivity contribution >= 4 is 44.2 Å². The molecule has 0 amide bonds. The molecule has 0 atom stereocenters. The molecule has 0 saturated heterocycles. The van der Waals surface area contributed by atoms with Crippen molar-refractivity contribution in [3.63, 3.8) is 0 Å². The summed E-state index contributed by atoms with van der Waals surface area (Å²) in [4.78, 5) is 33.5. The molecule has 0 aliphatic heterocycles. The summed E-state index contributed by atoms with van der Waals surface area (Å²) in [5, 5.41) is 16.1. The van der Waals surface area contributed by atoms with Crippen molar-refractivity contribution in [1.29, 1.82) is 0 Å². The summed E-state index contributed by atoms with van der Waals surface area (Å²) in [6.45, 7) is 8.26. The Bertz CT molecular complexity index is 2440. The van der Waals surface area contributed by atoms with Crippen LogP contribution in [0.1, 0.15) is 49.8 Å².